The number of anilines is 2. The number of hydrogen-bond donors (Lipinski definition) is 1. The van der Waals surface area contributed by atoms with Crippen LogP contribution in [0.3, 0.4) is 0 Å². The fourth-order valence-corrected chi connectivity index (χ4v) is 3.51. The van der Waals surface area contributed by atoms with Gasteiger partial charge in [0.15, 0.2) is 0 Å². The van der Waals surface area contributed by atoms with E-state index in [1.165, 1.54) is 18.5 Å². The minimum Gasteiger partial charge on any atom is -0.487 e. The zero-order chi connectivity index (χ0) is 19.3. The van der Waals surface area contributed by atoms with Gasteiger partial charge in [-0.25, -0.2) is 14.4 Å². The number of aromatic nitrogens is 2. The number of ether oxygens (including phenoxy) is 1. The fraction of sp³-hybridized carbons (Fsp3) is 0.0476. The third-order valence-electron chi connectivity index (χ3n) is 3.97. The molecule has 0 saturated heterocycles. The van der Waals surface area contributed by atoms with Gasteiger partial charge in [0.25, 0.3) is 0 Å². The maximum atomic E-state index is 13.3. The highest BCUT2D eigenvalue weighted by molar-refractivity contribution is 7.08. The minimum atomic E-state index is -0.293. The maximum absolute atomic E-state index is 13.3. The van der Waals surface area contributed by atoms with Gasteiger partial charge in [-0.15, -0.1) is 0 Å². The lowest BCUT2D eigenvalue weighted by Crippen LogP contribution is -1.98. The Hall–Kier alpha value is -2.96. The average molecular weight is 412 g/mol. The smallest absolute Gasteiger partial charge is 0.138 e. The molecule has 2 aromatic heterocycles. The van der Waals surface area contributed by atoms with Gasteiger partial charge in [0.1, 0.15) is 30.3 Å². The van der Waals surface area contributed by atoms with Crippen LogP contribution in [0.2, 0.25) is 5.02 Å². The van der Waals surface area contributed by atoms with Crippen molar-refractivity contribution in [1.29, 1.82) is 0 Å². The Morgan fingerprint density at radius 2 is 2.00 bits per heavy atom. The standard InChI is InChI=1S/C21H15ClFN3OS/c22-18-9-17(4-5-20(18)27-11-14-2-1-3-16(23)8-14)26-21-10-19(24-13-25-21)15-6-7-28-12-15/h1-10,12-13H,11H2,(H,24,25,26). The van der Waals surface area contributed by atoms with Crippen LogP contribution >= 0.6 is 22.9 Å². The van der Waals surface area contributed by atoms with E-state index in [0.717, 1.165) is 22.5 Å². The molecule has 28 heavy (non-hydrogen) atoms. The number of benzene rings is 2. The van der Waals surface area contributed by atoms with E-state index in [9.17, 15) is 4.39 Å². The molecule has 0 aliphatic carbocycles. The SMILES string of the molecule is Fc1cccc(COc2ccc(Nc3cc(-c4ccsc4)ncn3)cc2Cl)c1. The molecule has 0 aliphatic rings. The Morgan fingerprint density at radius 3 is 2.79 bits per heavy atom. The number of nitrogens with zero attached hydrogens (tertiary/aromatic N) is 2. The largest absolute Gasteiger partial charge is 0.487 e. The Bertz CT molecular complexity index is 1090. The molecule has 4 rings (SSSR count). The molecule has 1 N–H and O–H groups in total. The van der Waals surface area contributed by atoms with E-state index < -0.39 is 0 Å². The van der Waals surface area contributed by atoms with E-state index in [2.05, 4.69) is 15.3 Å². The van der Waals surface area contributed by atoms with Crippen molar-refractivity contribution in [3.05, 3.63) is 88.1 Å². The van der Waals surface area contributed by atoms with Gasteiger partial charge in [0.2, 0.25) is 0 Å². The topological polar surface area (TPSA) is 47.0 Å². The molecule has 0 amide bonds. The summed E-state index contributed by atoms with van der Waals surface area (Å²) in [6, 6.07) is 15.5. The highest BCUT2D eigenvalue weighted by Crippen LogP contribution is 2.30. The molecule has 2 aromatic carbocycles. The van der Waals surface area contributed by atoms with Crippen molar-refractivity contribution in [2.24, 2.45) is 0 Å². The molecular formula is C21H15ClFN3OS. The van der Waals surface area contributed by atoms with Crippen molar-refractivity contribution >= 4 is 34.4 Å². The molecular weight excluding hydrogens is 397 g/mol. The first kappa shape index (κ1) is 18.4. The van der Waals surface area contributed by atoms with Gasteiger partial charge in [-0.2, -0.15) is 11.3 Å². The third kappa shape index (κ3) is 4.47. The summed E-state index contributed by atoms with van der Waals surface area (Å²) in [5.74, 6) is 0.900. The lowest BCUT2D eigenvalue weighted by atomic mass is 10.2. The lowest BCUT2D eigenvalue weighted by Gasteiger charge is -2.11. The number of halogens is 2. The van der Waals surface area contributed by atoms with Crippen molar-refractivity contribution in [3.63, 3.8) is 0 Å². The van der Waals surface area contributed by atoms with E-state index in [-0.39, 0.29) is 12.4 Å². The first-order valence-corrected chi connectivity index (χ1v) is 9.78. The van der Waals surface area contributed by atoms with Crippen LogP contribution in [0.25, 0.3) is 11.3 Å². The van der Waals surface area contributed by atoms with Gasteiger partial charge in [-0.1, -0.05) is 23.7 Å². The number of rotatable bonds is 6. The predicted octanol–water partition coefficient (Wildman–Crippen LogP) is 6.32. The zero-order valence-electron chi connectivity index (χ0n) is 14.6. The molecule has 2 heterocycles. The van der Waals surface area contributed by atoms with Crippen LogP contribution in [-0.2, 0) is 6.61 Å². The predicted molar refractivity (Wildman–Crippen MR) is 111 cm³/mol. The van der Waals surface area contributed by atoms with Crippen molar-refractivity contribution < 1.29 is 9.13 Å². The summed E-state index contributed by atoms with van der Waals surface area (Å²) in [5.41, 5.74) is 3.41. The molecule has 0 aliphatic heterocycles. The number of hydrogen-bond acceptors (Lipinski definition) is 5. The molecule has 4 nitrogen and oxygen atoms in total. The van der Waals surface area contributed by atoms with Crippen LogP contribution in [0.4, 0.5) is 15.9 Å². The van der Waals surface area contributed by atoms with E-state index >= 15 is 0 Å². The highest BCUT2D eigenvalue weighted by Gasteiger charge is 2.07. The van der Waals surface area contributed by atoms with Gasteiger partial charge in [-0.3, -0.25) is 0 Å². The van der Waals surface area contributed by atoms with Crippen LogP contribution in [0.15, 0.2) is 71.7 Å². The Morgan fingerprint density at radius 1 is 1.07 bits per heavy atom. The fourth-order valence-electron chi connectivity index (χ4n) is 2.63. The normalized spacial score (nSPS) is 10.6. The van der Waals surface area contributed by atoms with Gasteiger partial charge in [0, 0.05) is 22.7 Å². The Balaban J connectivity index is 1.45. The van der Waals surface area contributed by atoms with E-state index in [0.29, 0.717) is 16.6 Å². The summed E-state index contributed by atoms with van der Waals surface area (Å²) in [5, 5.41) is 7.71. The van der Waals surface area contributed by atoms with Crippen LogP contribution in [0.5, 0.6) is 5.75 Å². The van der Waals surface area contributed by atoms with Crippen LogP contribution in [0.1, 0.15) is 5.56 Å². The average Bonchev–Trinajstić information content (AvgIpc) is 3.23. The van der Waals surface area contributed by atoms with Crippen LogP contribution in [-0.4, -0.2) is 9.97 Å². The number of thiophene rings is 1. The molecule has 0 radical (unpaired) electrons. The minimum absolute atomic E-state index is 0.236. The van der Waals surface area contributed by atoms with Crippen molar-refractivity contribution in [3.8, 4) is 17.0 Å². The molecule has 0 fully saturated rings. The van der Waals surface area contributed by atoms with Crippen molar-refractivity contribution in [2.45, 2.75) is 6.61 Å². The van der Waals surface area contributed by atoms with E-state index in [4.69, 9.17) is 16.3 Å². The summed E-state index contributed by atoms with van der Waals surface area (Å²) in [7, 11) is 0. The summed E-state index contributed by atoms with van der Waals surface area (Å²) in [6.45, 7) is 0.236. The quantitative estimate of drug-likeness (QED) is 0.403. The highest BCUT2D eigenvalue weighted by atomic mass is 35.5. The summed E-state index contributed by atoms with van der Waals surface area (Å²) in [4.78, 5) is 8.55. The monoisotopic (exact) mass is 411 g/mol. The molecule has 4 aromatic rings. The first-order chi connectivity index (χ1) is 13.7. The van der Waals surface area contributed by atoms with Gasteiger partial charge < -0.3 is 10.1 Å². The molecule has 140 valence electrons. The maximum Gasteiger partial charge on any atom is 0.138 e. The van der Waals surface area contributed by atoms with Crippen LogP contribution in [0, 0.1) is 5.82 Å². The van der Waals surface area contributed by atoms with Gasteiger partial charge in [0.05, 0.1) is 10.7 Å². The molecule has 0 bridgehead atoms. The summed E-state index contributed by atoms with van der Waals surface area (Å²) >= 11 is 7.95. The summed E-state index contributed by atoms with van der Waals surface area (Å²) in [6.07, 6.45) is 1.52. The van der Waals surface area contributed by atoms with Gasteiger partial charge >= 0.3 is 0 Å². The molecule has 0 atom stereocenters. The van der Waals surface area contributed by atoms with Gasteiger partial charge in [-0.05, 0) is 47.3 Å². The Kier molecular flexibility index (Phi) is 5.50. The van der Waals surface area contributed by atoms with E-state index in [1.54, 1.807) is 35.6 Å². The summed E-state index contributed by atoms with van der Waals surface area (Å²) < 4.78 is 19.0. The van der Waals surface area contributed by atoms with Crippen molar-refractivity contribution in [2.75, 3.05) is 5.32 Å². The second kappa shape index (κ2) is 8.37. The van der Waals surface area contributed by atoms with E-state index in [1.807, 2.05) is 29.0 Å². The second-order valence-electron chi connectivity index (χ2n) is 5.99. The second-order valence-corrected chi connectivity index (χ2v) is 7.18. The molecule has 0 unspecified atom stereocenters. The lowest BCUT2D eigenvalue weighted by molar-refractivity contribution is 0.306. The first-order valence-electron chi connectivity index (χ1n) is 8.46. The van der Waals surface area contributed by atoms with Crippen LogP contribution < -0.4 is 10.1 Å². The third-order valence-corrected chi connectivity index (χ3v) is 4.95. The molecule has 7 heteroatoms. The molecule has 0 saturated carbocycles. The number of nitrogens with one attached hydrogen (secondary N) is 1. The Labute approximate surface area is 170 Å². The molecule has 0 spiro atoms. The van der Waals surface area contributed by atoms with Crippen molar-refractivity contribution in [1.82, 2.24) is 9.97 Å². The zero-order valence-corrected chi connectivity index (χ0v) is 16.2.